The first kappa shape index (κ1) is 24.8. The van der Waals surface area contributed by atoms with Gasteiger partial charge in [-0.2, -0.15) is 0 Å². The number of hydrogen-bond donors (Lipinski definition) is 1. The molecule has 2 aromatic rings. The molecule has 2 rings (SSSR count). The summed E-state index contributed by atoms with van der Waals surface area (Å²) in [5.74, 6) is 1.01. The Morgan fingerprint density at radius 2 is 1.84 bits per heavy atom. The van der Waals surface area contributed by atoms with Crippen molar-refractivity contribution in [3.8, 4) is 11.5 Å². The quantitative estimate of drug-likeness (QED) is 0.347. The first-order chi connectivity index (χ1) is 14.8. The lowest BCUT2D eigenvalue weighted by atomic mass is 10.2. The number of hydrogen-bond acceptors (Lipinski definition) is 4. The SMILES string of the molecule is COc1ccc(NC(=O)C=Cc2cccc(Cl)c2)cc1OCCCN(C(C)C)C(C)C. The van der Waals surface area contributed by atoms with Crippen LogP contribution < -0.4 is 14.8 Å². The Kier molecular flexibility index (Phi) is 9.89. The highest BCUT2D eigenvalue weighted by Gasteiger charge is 2.13. The maximum absolute atomic E-state index is 12.3. The van der Waals surface area contributed by atoms with Crippen LogP contribution in [0.15, 0.2) is 48.5 Å². The molecular weight excluding hydrogens is 412 g/mol. The summed E-state index contributed by atoms with van der Waals surface area (Å²) in [6, 6.07) is 13.7. The summed E-state index contributed by atoms with van der Waals surface area (Å²) < 4.78 is 11.4. The van der Waals surface area contributed by atoms with E-state index in [1.54, 1.807) is 43.5 Å². The summed E-state index contributed by atoms with van der Waals surface area (Å²) in [5, 5.41) is 3.48. The highest BCUT2D eigenvalue weighted by atomic mass is 35.5. The number of ether oxygens (including phenoxy) is 2. The van der Waals surface area contributed by atoms with Gasteiger partial charge in [0.15, 0.2) is 11.5 Å². The Labute approximate surface area is 191 Å². The van der Waals surface area contributed by atoms with Gasteiger partial charge in [0.05, 0.1) is 13.7 Å². The van der Waals surface area contributed by atoms with E-state index >= 15 is 0 Å². The zero-order valence-corrected chi connectivity index (χ0v) is 19.8. The van der Waals surface area contributed by atoms with Gasteiger partial charge in [-0.15, -0.1) is 0 Å². The number of nitrogens with zero attached hydrogens (tertiary/aromatic N) is 1. The molecule has 0 fully saturated rings. The van der Waals surface area contributed by atoms with Gasteiger partial charge in [-0.1, -0.05) is 23.7 Å². The third-order valence-corrected chi connectivity index (χ3v) is 5.09. The fourth-order valence-corrected chi connectivity index (χ4v) is 3.57. The van der Waals surface area contributed by atoms with Crippen molar-refractivity contribution in [3.63, 3.8) is 0 Å². The number of anilines is 1. The fraction of sp³-hybridized carbons (Fsp3) is 0.400. The van der Waals surface area contributed by atoms with Crippen molar-refractivity contribution in [2.75, 3.05) is 25.6 Å². The number of benzene rings is 2. The average molecular weight is 445 g/mol. The molecular formula is C25H33ClN2O3. The van der Waals surface area contributed by atoms with Gasteiger partial charge in [-0.25, -0.2) is 0 Å². The van der Waals surface area contributed by atoms with E-state index in [1.165, 1.54) is 6.08 Å². The second kappa shape index (κ2) is 12.4. The van der Waals surface area contributed by atoms with Crippen molar-refractivity contribution in [3.05, 3.63) is 59.1 Å². The van der Waals surface area contributed by atoms with E-state index in [2.05, 4.69) is 37.9 Å². The third-order valence-electron chi connectivity index (χ3n) is 4.85. The lowest BCUT2D eigenvalue weighted by Gasteiger charge is -2.30. The molecule has 0 radical (unpaired) electrons. The van der Waals surface area contributed by atoms with Crippen molar-refractivity contribution in [1.29, 1.82) is 0 Å². The summed E-state index contributed by atoms with van der Waals surface area (Å²) in [4.78, 5) is 14.7. The lowest BCUT2D eigenvalue weighted by molar-refractivity contribution is -0.111. The molecule has 5 nitrogen and oxygen atoms in total. The van der Waals surface area contributed by atoms with Crippen LogP contribution in [0.2, 0.25) is 5.02 Å². The van der Waals surface area contributed by atoms with E-state index in [9.17, 15) is 4.79 Å². The van der Waals surface area contributed by atoms with E-state index < -0.39 is 0 Å². The molecule has 1 N–H and O–H groups in total. The summed E-state index contributed by atoms with van der Waals surface area (Å²) in [7, 11) is 1.60. The normalized spacial score (nSPS) is 11.5. The highest BCUT2D eigenvalue weighted by Crippen LogP contribution is 2.30. The second-order valence-electron chi connectivity index (χ2n) is 7.87. The number of methoxy groups -OCH3 is 1. The Balaban J connectivity index is 1.95. The average Bonchev–Trinajstić information content (AvgIpc) is 2.72. The van der Waals surface area contributed by atoms with Crippen LogP contribution in [0.3, 0.4) is 0 Å². The van der Waals surface area contributed by atoms with Crippen molar-refractivity contribution in [2.24, 2.45) is 0 Å². The Bertz CT molecular complexity index is 873. The van der Waals surface area contributed by atoms with Crippen molar-refractivity contribution in [2.45, 2.75) is 46.2 Å². The van der Waals surface area contributed by atoms with Crippen LogP contribution >= 0.6 is 11.6 Å². The molecule has 0 saturated carbocycles. The zero-order chi connectivity index (χ0) is 22.8. The predicted molar refractivity (Wildman–Crippen MR) is 129 cm³/mol. The number of halogens is 1. The molecule has 168 valence electrons. The van der Waals surface area contributed by atoms with Gasteiger partial charge in [0.2, 0.25) is 5.91 Å². The lowest BCUT2D eigenvalue weighted by Crippen LogP contribution is -2.38. The summed E-state index contributed by atoms with van der Waals surface area (Å²) >= 11 is 5.97. The van der Waals surface area contributed by atoms with Gasteiger partial charge in [0.25, 0.3) is 0 Å². The predicted octanol–water partition coefficient (Wildman–Crippen LogP) is 5.89. The van der Waals surface area contributed by atoms with Crippen LogP contribution in [0.1, 0.15) is 39.7 Å². The Morgan fingerprint density at radius 1 is 1.10 bits per heavy atom. The van der Waals surface area contributed by atoms with Gasteiger partial charge in [0.1, 0.15) is 0 Å². The van der Waals surface area contributed by atoms with E-state index in [1.807, 2.05) is 12.1 Å². The van der Waals surface area contributed by atoms with Gasteiger partial charge < -0.3 is 14.8 Å². The highest BCUT2D eigenvalue weighted by molar-refractivity contribution is 6.30. The molecule has 0 bridgehead atoms. The van der Waals surface area contributed by atoms with Gasteiger partial charge >= 0.3 is 0 Å². The minimum atomic E-state index is -0.236. The van der Waals surface area contributed by atoms with E-state index in [4.69, 9.17) is 21.1 Å². The molecule has 0 spiro atoms. The molecule has 0 aliphatic rings. The van der Waals surface area contributed by atoms with Crippen LogP contribution in [0.4, 0.5) is 5.69 Å². The number of carbonyl (C=O) groups is 1. The maximum atomic E-state index is 12.3. The Morgan fingerprint density at radius 3 is 2.48 bits per heavy atom. The minimum Gasteiger partial charge on any atom is -0.493 e. The number of carbonyl (C=O) groups excluding carboxylic acids is 1. The molecule has 0 unspecified atom stereocenters. The molecule has 0 aliphatic heterocycles. The minimum absolute atomic E-state index is 0.236. The third kappa shape index (κ3) is 8.27. The standard InChI is InChI=1S/C25H33ClN2O3/c1-18(2)28(19(3)4)14-7-15-31-24-17-22(11-12-23(24)30-5)27-25(29)13-10-20-8-6-9-21(26)16-20/h6,8-13,16-19H,7,14-15H2,1-5H3,(H,27,29). The monoisotopic (exact) mass is 444 g/mol. The second-order valence-corrected chi connectivity index (χ2v) is 8.31. The van der Waals surface area contributed by atoms with Crippen molar-refractivity contribution >= 4 is 29.3 Å². The maximum Gasteiger partial charge on any atom is 0.248 e. The molecule has 0 aliphatic carbocycles. The van der Waals surface area contributed by atoms with Crippen LogP contribution in [0, 0.1) is 0 Å². The summed E-state index contributed by atoms with van der Waals surface area (Å²) in [6.07, 6.45) is 4.10. The topological polar surface area (TPSA) is 50.8 Å². The zero-order valence-electron chi connectivity index (χ0n) is 19.0. The van der Waals surface area contributed by atoms with E-state index in [-0.39, 0.29) is 5.91 Å². The largest absolute Gasteiger partial charge is 0.493 e. The molecule has 0 saturated heterocycles. The molecule has 0 heterocycles. The van der Waals surface area contributed by atoms with Crippen LogP contribution in [-0.4, -0.2) is 43.2 Å². The van der Waals surface area contributed by atoms with E-state index in [0.717, 1.165) is 18.5 Å². The summed E-state index contributed by atoms with van der Waals surface area (Å²) in [5.41, 5.74) is 1.50. The Hall–Kier alpha value is -2.50. The van der Waals surface area contributed by atoms with Crippen molar-refractivity contribution < 1.29 is 14.3 Å². The van der Waals surface area contributed by atoms with Gasteiger partial charge in [-0.05, 0) is 70.0 Å². The molecule has 1 amide bonds. The molecule has 31 heavy (non-hydrogen) atoms. The smallest absolute Gasteiger partial charge is 0.248 e. The van der Waals surface area contributed by atoms with Crippen molar-refractivity contribution in [1.82, 2.24) is 4.90 Å². The molecule has 6 heteroatoms. The van der Waals surface area contributed by atoms with E-state index in [0.29, 0.717) is 40.9 Å². The molecule has 0 atom stereocenters. The number of rotatable bonds is 11. The van der Waals surface area contributed by atoms with Gasteiger partial charge in [0, 0.05) is 41.5 Å². The van der Waals surface area contributed by atoms with Crippen LogP contribution in [0.25, 0.3) is 6.08 Å². The first-order valence-corrected chi connectivity index (χ1v) is 11.0. The fourth-order valence-electron chi connectivity index (χ4n) is 3.38. The number of amides is 1. The number of nitrogens with one attached hydrogen (secondary N) is 1. The molecule has 2 aromatic carbocycles. The van der Waals surface area contributed by atoms with Crippen LogP contribution in [0.5, 0.6) is 11.5 Å². The molecule has 0 aromatic heterocycles. The van der Waals surface area contributed by atoms with Gasteiger partial charge in [-0.3, -0.25) is 9.69 Å². The van der Waals surface area contributed by atoms with Crippen LogP contribution in [-0.2, 0) is 4.79 Å². The summed E-state index contributed by atoms with van der Waals surface area (Å²) in [6.45, 7) is 10.3. The first-order valence-electron chi connectivity index (χ1n) is 10.6.